The molecule has 11 rings (SSSR count). The van der Waals surface area contributed by atoms with E-state index in [1.54, 1.807) is 0 Å². The zero-order valence-electron chi connectivity index (χ0n) is 29.1. The van der Waals surface area contributed by atoms with Gasteiger partial charge in [-0.05, 0) is 122 Å². The van der Waals surface area contributed by atoms with E-state index in [0.717, 1.165) is 0 Å². The van der Waals surface area contributed by atoms with Crippen LogP contribution in [0.5, 0.6) is 0 Å². The summed E-state index contributed by atoms with van der Waals surface area (Å²) in [5.74, 6) is 0. The van der Waals surface area contributed by atoms with Crippen molar-refractivity contribution in [1.82, 2.24) is 0 Å². The third kappa shape index (κ3) is 4.69. The van der Waals surface area contributed by atoms with Gasteiger partial charge in [0.1, 0.15) is 0 Å². The molecule has 0 unspecified atom stereocenters. The van der Waals surface area contributed by atoms with Crippen molar-refractivity contribution >= 4 is 43.5 Å². The normalized spacial score (nSPS) is 13.1. The average Bonchev–Trinajstić information content (AvgIpc) is 3.68. The lowest BCUT2D eigenvalue weighted by molar-refractivity contribution is 1.54. The molecule has 0 saturated heterocycles. The maximum Gasteiger partial charge on any atom is 0.0211 e. The van der Waals surface area contributed by atoms with E-state index in [1.165, 1.54) is 110 Å². The topological polar surface area (TPSA) is 0 Å². The smallest absolute Gasteiger partial charge is 0.0211 e. The molecule has 9 aromatic carbocycles. The quantitative estimate of drug-likeness (QED) is 0.164. The number of hydrogen-bond acceptors (Lipinski definition) is 0. The van der Waals surface area contributed by atoms with Crippen LogP contribution in [0.3, 0.4) is 0 Å². The Kier molecular flexibility index (Phi) is 6.72. The van der Waals surface area contributed by atoms with E-state index in [2.05, 4.69) is 201 Å². The third-order valence-electron chi connectivity index (χ3n) is 11.3. The van der Waals surface area contributed by atoms with Crippen molar-refractivity contribution < 1.29 is 0 Å². The highest BCUT2D eigenvalue weighted by atomic mass is 14.3. The van der Waals surface area contributed by atoms with Crippen LogP contribution in [0.1, 0.15) is 11.1 Å². The largest absolute Gasteiger partial charge is 0.0616 e. The lowest BCUT2D eigenvalue weighted by Crippen LogP contribution is -1.95. The van der Waals surface area contributed by atoms with Crippen LogP contribution in [0.25, 0.3) is 99.1 Å². The van der Waals surface area contributed by atoms with E-state index in [0.29, 0.717) is 0 Å². The summed E-state index contributed by atoms with van der Waals surface area (Å²) in [6, 6.07) is 67.3. The molecule has 2 bridgehead atoms. The van der Waals surface area contributed by atoms with Gasteiger partial charge in [0.05, 0.1) is 0 Å². The van der Waals surface area contributed by atoms with Gasteiger partial charge in [-0.3, -0.25) is 0 Å². The second kappa shape index (κ2) is 11.9. The van der Waals surface area contributed by atoms with Crippen LogP contribution in [-0.4, -0.2) is 0 Å². The van der Waals surface area contributed by atoms with Gasteiger partial charge in [0, 0.05) is 6.42 Å². The van der Waals surface area contributed by atoms with Gasteiger partial charge in [-0.15, -0.1) is 0 Å². The highest BCUT2D eigenvalue weighted by molar-refractivity contribution is 6.23. The van der Waals surface area contributed by atoms with Crippen molar-refractivity contribution in [3.63, 3.8) is 0 Å². The maximum atomic E-state index is 2.42. The summed E-state index contributed by atoms with van der Waals surface area (Å²) in [7, 11) is 0. The van der Waals surface area contributed by atoms with Gasteiger partial charge in [-0.25, -0.2) is 0 Å². The fourth-order valence-corrected chi connectivity index (χ4v) is 8.91. The van der Waals surface area contributed by atoms with E-state index in [4.69, 9.17) is 0 Å². The molecule has 0 fully saturated rings. The Labute approximate surface area is 309 Å². The fraction of sp³-hybridized carbons (Fsp3) is 0. The van der Waals surface area contributed by atoms with E-state index >= 15 is 0 Å². The third-order valence-corrected chi connectivity index (χ3v) is 11.3. The molecule has 1 radical (unpaired) electrons. The molecule has 2 aliphatic carbocycles. The predicted molar refractivity (Wildman–Crippen MR) is 226 cm³/mol. The summed E-state index contributed by atoms with van der Waals surface area (Å²) >= 11 is 0. The van der Waals surface area contributed by atoms with Gasteiger partial charge >= 0.3 is 0 Å². The molecule has 0 N–H and O–H groups in total. The monoisotopic (exact) mass is 669 g/mol. The van der Waals surface area contributed by atoms with E-state index in [1.807, 2.05) is 0 Å². The SMILES string of the molecule is [CH]1C2=CC=C1c1ccc(-c3ccccc3-c3c4ccccc4c(-c4ccccc4-c4ccc5ccccc5c4)c4ccccc34)cc1-c1ccccc12. The number of benzene rings is 9. The molecule has 0 aliphatic heterocycles. The number of rotatable bonds is 4. The predicted octanol–water partition coefficient (Wildman–Crippen LogP) is 14.5. The standard InChI is InChI=1S/C53H33/c1-2-14-35-31-36(26-25-34(35)13-1)41-16-4-7-19-45(41)52-47-21-9-11-23-49(47)53(50-24-12-10-22-48(50)52)46-20-8-5-17-42(46)39-29-30-43-38-28-27-37(32-38)40-15-3-6-18-44(40)51(43)33-39/h1-33H. The van der Waals surface area contributed by atoms with Crippen molar-refractivity contribution in [2.75, 3.05) is 0 Å². The van der Waals surface area contributed by atoms with Crippen molar-refractivity contribution in [3.05, 3.63) is 212 Å². The second-order valence-corrected chi connectivity index (χ2v) is 14.2. The molecular weight excluding hydrogens is 637 g/mol. The summed E-state index contributed by atoms with van der Waals surface area (Å²) in [6.45, 7) is 0. The zero-order chi connectivity index (χ0) is 34.9. The summed E-state index contributed by atoms with van der Waals surface area (Å²) in [5.41, 5.74) is 17.7. The molecule has 0 amide bonds. The van der Waals surface area contributed by atoms with Crippen LogP contribution in [0, 0.1) is 6.42 Å². The highest BCUT2D eigenvalue weighted by Crippen LogP contribution is 2.50. The molecule has 0 saturated carbocycles. The summed E-state index contributed by atoms with van der Waals surface area (Å²) < 4.78 is 0. The maximum absolute atomic E-state index is 2.42. The van der Waals surface area contributed by atoms with E-state index in [9.17, 15) is 0 Å². The number of fused-ring (bicyclic) bond motifs is 10. The molecule has 9 aromatic rings. The Morgan fingerprint density at radius 3 is 1.25 bits per heavy atom. The van der Waals surface area contributed by atoms with E-state index < -0.39 is 0 Å². The first-order chi connectivity index (χ1) is 26.3. The van der Waals surface area contributed by atoms with Crippen molar-refractivity contribution in [1.29, 1.82) is 0 Å². The molecule has 0 nitrogen and oxygen atoms in total. The fourth-order valence-electron chi connectivity index (χ4n) is 8.91. The van der Waals surface area contributed by atoms with Crippen LogP contribution < -0.4 is 0 Å². The van der Waals surface area contributed by atoms with Crippen molar-refractivity contribution in [2.24, 2.45) is 0 Å². The Morgan fingerprint density at radius 2 is 0.660 bits per heavy atom. The lowest BCUT2D eigenvalue weighted by atomic mass is 9.82. The first-order valence-electron chi connectivity index (χ1n) is 18.4. The molecule has 245 valence electrons. The zero-order valence-corrected chi connectivity index (χ0v) is 29.1. The Bertz CT molecular complexity index is 2970. The van der Waals surface area contributed by atoms with Gasteiger partial charge in [0.2, 0.25) is 0 Å². The van der Waals surface area contributed by atoms with Crippen LogP contribution in [0.4, 0.5) is 0 Å². The van der Waals surface area contributed by atoms with Gasteiger partial charge in [0.15, 0.2) is 0 Å². The molecule has 0 atom stereocenters. The van der Waals surface area contributed by atoms with Gasteiger partial charge in [0.25, 0.3) is 0 Å². The van der Waals surface area contributed by atoms with Crippen LogP contribution in [-0.2, 0) is 0 Å². The molecular formula is C53H33. The highest BCUT2D eigenvalue weighted by Gasteiger charge is 2.25. The summed E-state index contributed by atoms with van der Waals surface area (Å²) in [5, 5.41) is 7.53. The molecule has 2 aliphatic rings. The minimum absolute atomic E-state index is 1.22. The van der Waals surface area contributed by atoms with Crippen LogP contribution in [0.15, 0.2) is 194 Å². The average molecular weight is 670 g/mol. The summed E-state index contributed by atoms with van der Waals surface area (Å²) in [6.07, 6.45) is 6.84. The first kappa shape index (κ1) is 29.9. The molecule has 0 spiro atoms. The number of hydrogen-bond donors (Lipinski definition) is 0. The Morgan fingerprint density at radius 1 is 0.245 bits per heavy atom. The Balaban J connectivity index is 1.15. The lowest BCUT2D eigenvalue weighted by Gasteiger charge is -2.21. The van der Waals surface area contributed by atoms with Crippen molar-refractivity contribution in [3.8, 4) is 55.6 Å². The molecule has 53 heavy (non-hydrogen) atoms. The molecule has 0 heterocycles. The number of allylic oxidation sites excluding steroid dienone is 4. The van der Waals surface area contributed by atoms with Crippen LogP contribution >= 0.6 is 0 Å². The molecule has 0 aromatic heterocycles. The minimum atomic E-state index is 1.22. The Hall–Kier alpha value is -6.76. The van der Waals surface area contributed by atoms with Gasteiger partial charge < -0.3 is 0 Å². The second-order valence-electron chi connectivity index (χ2n) is 14.2. The van der Waals surface area contributed by atoms with Gasteiger partial charge in [-0.2, -0.15) is 0 Å². The first-order valence-corrected chi connectivity index (χ1v) is 18.4. The van der Waals surface area contributed by atoms with E-state index in [-0.39, 0.29) is 0 Å². The van der Waals surface area contributed by atoms with Gasteiger partial charge in [-0.1, -0.05) is 182 Å². The summed E-state index contributed by atoms with van der Waals surface area (Å²) in [4.78, 5) is 0. The minimum Gasteiger partial charge on any atom is -0.0616 e. The molecule has 0 heteroatoms. The van der Waals surface area contributed by atoms with Crippen molar-refractivity contribution in [2.45, 2.75) is 0 Å². The van der Waals surface area contributed by atoms with Crippen LogP contribution in [0.2, 0.25) is 0 Å².